The average Bonchev–Trinajstić information content (AvgIpc) is 2.77. The molecule has 0 saturated heterocycles. The Labute approximate surface area is 81.0 Å². The molecule has 72 valence electrons. The molecule has 0 amide bonds. The van der Waals surface area contributed by atoms with Crippen LogP contribution in [0.2, 0.25) is 0 Å². The van der Waals surface area contributed by atoms with E-state index in [9.17, 15) is 0 Å². The highest BCUT2D eigenvalue weighted by molar-refractivity contribution is 5.13. The van der Waals surface area contributed by atoms with Gasteiger partial charge in [-0.1, -0.05) is 62.4 Å². The highest BCUT2D eigenvalue weighted by Crippen LogP contribution is 2.15. The van der Waals surface area contributed by atoms with E-state index in [1.54, 1.807) is 0 Å². The van der Waals surface area contributed by atoms with Crippen molar-refractivity contribution in [1.82, 2.24) is 0 Å². The van der Waals surface area contributed by atoms with E-state index in [-0.39, 0.29) is 0 Å². The predicted molar refractivity (Wildman–Crippen MR) is 57.4 cm³/mol. The van der Waals surface area contributed by atoms with E-state index in [1.807, 2.05) is 30.3 Å². The van der Waals surface area contributed by atoms with Crippen LogP contribution in [-0.2, 0) is 6.54 Å². The van der Waals surface area contributed by atoms with Crippen molar-refractivity contribution in [3.8, 4) is 0 Å². The van der Waals surface area contributed by atoms with Crippen LogP contribution in [0.1, 0.15) is 37.7 Å². The third-order valence-corrected chi connectivity index (χ3v) is 2.33. The van der Waals surface area contributed by atoms with Crippen LogP contribution in [0.4, 0.5) is 0 Å². The fourth-order valence-electron chi connectivity index (χ4n) is 1.50. The van der Waals surface area contributed by atoms with Crippen LogP contribution in [0.25, 0.3) is 0 Å². The fraction of sp³-hybridized carbons (Fsp3) is 0.500. The zero-order chi connectivity index (χ0) is 9.36. The fourth-order valence-corrected chi connectivity index (χ4v) is 1.50. The second kappa shape index (κ2) is 6.67. The molecule has 0 aromatic heterocycles. The van der Waals surface area contributed by atoms with Crippen molar-refractivity contribution >= 4 is 0 Å². The molecule has 1 saturated carbocycles. The van der Waals surface area contributed by atoms with Crippen molar-refractivity contribution in [3.63, 3.8) is 0 Å². The molecule has 0 radical (unpaired) electrons. The van der Waals surface area contributed by atoms with Crippen molar-refractivity contribution in [2.45, 2.75) is 38.6 Å². The van der Waals surface area contributed by atoms with Gasteiger partial charge in [-0.25, -0.2) is 0 Å². The molecule has 1 aliphatic rings. The van der Waals surface area contributed by atoms with E-state index in [4.69, 9.17) is 5.73 Å². The van der Waals surface area contributed by atoms with E-state index in [0.29, 0.717) is 6.54 Å². The maximum Gasteiger partial charge on any atom is 0.0178 e. The first kappa shape index (κ1) is 10.3. The molecule has 1 aliphatic carbocycles. The largest absolute Gasteiger partial charge is 0.326 e. The van der Waals surface area contributed by atoms with Gasteiger partial charge in [0.25, 0.3) is 0 Å². The lowest BCUT2D eigenvalue weighted by Crippen LogP contribution is -1.94. The van der Waals surface area contributed by atoms with Gasteiger partial charge in [-0.15, -0.1) is 0 Å². The molecule has 0 spiro atoms. The molecular weight excluding hydrogens is 158 g/mol. The normalized spacial score (nSPS) is 14.8. The van der Waals surface area contributed by atoms with Crippen molar-refractivity contribution in [3.05, 3.63) is 35.9 Å². The summed E-state index contributed by atoms with van der Waals surface area (Å²) in [6.45, 7) is 0.640. The van der Waals surface area contributed by atoms with Crippen molar-refractivity contribution in [2.24, 2.45) is 5.73 Å². The number of benzene rings is 1. The van der Waals surface area contributed by atoms with Crippen molar-refractivity contribution in [1.29, 1.82) is 0 Å². The lowest BCUT2D eigenvalue weighted by atomic mass is 10.2. The Kier molecular flexibility index (Phi) is 5.27. The van der Waals surface area contributed by atoms with E-state index >= 15 is 0 Å². The van der Waals surface area contributed by atoms with Crippen LogP contribution in [-0.4, -0.2) is 0 Å². The smallest absolute Gasteiger partial charge is 0.0178 e. The van der Waals surface area contributed by atoms with E-state index in [2.05, 4.69) is 0 Å². The minimum Gasteiger partial charge on any atom is -0.326 e. The number of hydrogen-bond acceptors (Lipinski definition) is 1. The highest BCUT2D eigenvalue weighted by atomic mass is 14.5. The summed E-state index contributed by atoms with van der Waals surface area (Å²) >= 11 is 0. The summed E-state index contributed by atoms with van der Waals surface area (Å²) in [4.78, 5) is 0. The van der Waals surface area contributed by atoms with Crippen LogP contribution in [0.3, 0.4) is 0 Å². The van der Waals surface area contributed by atoms with Crippen LogP contribution in [0.15, 0.2) is 30.3 Å². The Morgan fingerprint density at radius 3 is 1.62 bits per heavy atom. The van der Waals surface area contributed by atoms with Gasteiger partial charge in [0.15, 0.2) is 0 Å². The Bertz CT molecular complexity index is 194. The second-order valence-corrected chi connectivity index (χ2v) is 3.46. The summed E-state index contributed by atoms with van der Waals surface area (Å²) in [7, 11) is 0. The van der Waals surface area contributed by atoms with Gasteiger partial charge >= 0.3 is 0 Å². The minimum absolute atomic E-state index is 0.640. The highest BCUT2D eigenvalue weighted by Gasteiger charge is 1.95. The molecule has 1 aromatic rings. The Morgan fingerprint density at radius 1 is 0.846 bits per heavy atom. The van der Waals surface area contributed by atoms with Gasteiger partial charge in [0, 0.05) is 6.54 Å². The van der Waals surface area contributed by atoms with Crippen molar-refractivity contribution in [2.75, 3.05) is 0 Å². The first-order chi connectivity index (χ1) is 6.43. The van der Waals surface area contributed by atoms with Gasteiger partial charge in [-0.3, -0.25) is 0 Å². The summed E-state index contributed by atoms with van der Waals surface area (Å²) in [5.41, 5.74) is 6.54. The first-order valence-corrected chi connectivity index (χ1v) is 5.17. The number of rotatable bonds is 1. The maximum absolute atomic E-state index is 5.35. The zero-order valence-electron chi connectivity index (χ0n) is 8.21. The third kappa shape index (κ3) is 4.69. The Hall–Kier alpha value is -0.820. The third-order valence-electron chi connectivity index (χ3n) is 2.33. The standard InChI is InChI=1S/C7H9N.C5H10/c8-6-7-4-2-1-3-5-7;1-2-4-5-3-1/h1-5H,6,8H2;1-5H2. The lowest BCUT2D eigenvalue weighted by Gasteiger charge is -1.90. The lowest BCUT2D eigenvalue weighted by molar-refractivity contribution is 0.886. The number of hydrogen-bond donors (Lipinski definition) is 1. The van der Waals surface area contributed by atoms with E-state index < -0.39 is 0 Å². The van der Waals surface area contributed by atoms with Gasteiger partial charge < -0.3 is 5.73 Å². The Morgan fingerprint density at radius 2 is 1.31 bits per heavy atom. The van der Waals surface area contributed by atoms with Crippen LogP contribution < -0.4 is 5.73 Å². The van der Waals surface area contributed by atoms with Crippen LogP contribution in [0.5, 0.6) is 0 Å². The molecule has 2 rings (SSSR count). The first-order valence-electron chi connectivity index (χ1n) is 5.17. The molecular formula is C12H19N. The zero-order valence-corrected chi connectivity index (χ0v) is 8.21. The van der Waals surface area contributed by atoms with Gasteiger partial charge in [0.05, 0.1) is 0 Å². The monoisotopic (exact) mass is 177 g/mol. The van der Waals surface area contributed by atoms with Gasteiger partial charge in [-0.2, -0.15) is 0 Å². The minimum atomic E-state index is 0.640. The molecule has 1 fully saturated rings. The molecule has 1 aromatic carbocycles. The average molecular weight is 177 g/mol. The summed E-state index contributed by atoms with van der Waals surface area (Å²) in [5, 5.41) is 0. The van der Waals surface area contributed by atoms with Crippen molar-refractivity contribution < 1.29 is 0 Å². The Balaban J connectivity index is 0.000000145. The molecule has 0 aliphatic heterocycles. The molecule has 1 heteroatoms. The van der Waals surface area contributed by atoms with E-state index in [1.165, 1.54) is 37.7 Å². The summed E-state index contributed by atoms with van der Waals surface area (Å²) in [5.74, 6) is 0. The molecule has 0 heterocycles. The molecule has 0 unspecified atom stereocenters. The van der Waals surface area contributed by atoms with Gasteiger partial charge in [0.2, 0.25) is 0 Å². The topological polar surface area (TPSA) is 26.0 Å². The van der Waals surface area contributed by atoms with E-state index in [0.717, 1.165) is 0 Å². The molecule has 13 heavy (non-hydrogen) atoms. The SMILES string of the molecule is C1CCCC1.NCc1ccccc1. The van der Waals surface area contributed by atoms with Gasteiger partial charge in [-0.05, 0) is 5.56 Å². The second-order valence-electron chi connectivity index (χ2n) is 3.46. The van der Waals surface area contributed by atoms with Crippen LogP contribution >= 0.6 is 0 Å². The molecule has 2 N–H and O–H groups in total. The molecule has 1 nitrogen and oxygen atoms in total. The molecule has 0 atom stereocenters. The number of nitrogens with two attached hydrogens (primary N) is 1. The molecule has 0 bridgehead atoms. The predicted octanol–water partition coefficient (Wildman–Crippen LogP) is 3.10. The van der Waals surface area contributed by atoms with Crippen LogP contribution in [0, 0.1) is 0 Å². The quantitative estimate of drug-likeness (QED) is 0.701. The maximum atomic E-state index is 5.35. The summed E-state index contributed by atoms with van der Waals surface area (Å²) in [6, 6.07) is 9.99. The van der Waals surface area contributed by atoms with Gasteiger partial charge in [0.1, 0.15) is 0 Å². The summed E-state index contributed by atoms with van der Waals surface area (Å²) in [6.07, 6.45) is 7.50. The summed E-state index contributed by atoms with van der Waals surface area (Å²) < 4.78 is 0.